The van der Waals surface area contributed by atoms with E-state index in [0.717, 1.165) is 0 Å². The van der Waals surface area contributed by atoms with Crippen molar-refractivity contribution in [3.8, 4) is 0 Å². The molecule has 0 aliphatic heterocycles. The highest BCUT2D eigenvalue weighted by Gasteiger charge is 2.30. The highest BCUT2D eigenvalue weighted by atomic mass is 32.2. The SMILES string of the molecule is CS(C)=C1C(O)=C(O)C(=S(C)C)C(O)=C1O. The third-order valence-corrected chi connectivity index (χ3v) is 4.53. The predicted molar refractivity (Wildman–Crippen MR) is 73.5 cm³/mol. The lowest BCUT2D eigenvalue weighted by Crippen LogP contribution is -2.24. The van der Waals surface area contributed by atoms with Crippen molar-refractivity contribution >= 4 is 30.7 Å². The maximum atomic E-state index is 9.79. The van der Waals surface area contributed by atoms with E-state index in [2.05, 4.69) is 0 Å². The summed E-state index contributed by atoms with van der Waals surface area (Å²) in [6, 6.07) is 0. The van der Waals surface area contributed by atoms with E-state index in [0.29, 0.717) is 0 Å². The van der Waals surface area contributed by atoms with Gasteiger partial charge in [-0.15, -0.1) is 0 Å². The normalized spacial score (nSPS) is 18.1. The summed E-state index contributed by atoms with van der Waals surface area (Å²) in [6.45, 7) is 0. The van der Waals surface area contributed by atoms with Crippen LogP contribution >= 0.6 is 21.0 Å². The minimum atomic E-state index is -0.461. The second-order valence-corrected chi connectivity index (χ2v) is 7.77. The molecule has 4 nitrogen and oxygen atoms in total. The van der Waals surface area contributed by atoms with Crippen molar-refractivity contribution in [3.63, 3.8) is 0 Å². The molecule has 0 saturated heterocycles. The van der Waals surface area contributed by atoms with Crippen LogP contribution in [0.25, 0.3) is 0 Å². The average Bonchev–Trinajstić information content (AvgIpc) is 2.14. The third kappa shape index (κ3) is 1.99. The van der Waals surface area contributed by atoms with E-state index in [4.69, 9.17) is 0 Å². The first-order valence-electron chi connectivity index (χ1n) is 4.44. The summed E-state index contributed by atoms with van der Waals surface area (Å²) in [4.78, 5) is 0.397. The Hall–Kier alpha value is -0.880. The smallest absolute Gasteiger partial charge is 0.175 e. The van der Waals surface area contributed by atoms with Gasteiger partial charge < -0.3 is 20.4 Å². The van der Waals surface area contributed by atoms with Gasteiger partial charge in [0.1, 0.15) is 0 Å². The average molecular weight is 264 g/mol. The fourth-order valence-electron chi connectivity index (χ4n) is 1.43. The topological polar surface area (TPSA) is 80.9 Å². The Morgan fingerprint density at radius 1 is 0.562 bits per heavy atom. The summed E-state index contributed by atoms with van der Waals surface area (Å²) in [7, 11) is -0.922. The number of hydrogen-bond donors (Lipinski definition) is 4. The summed E-state index contributed by atoms with van der Waals surface area (Å²) in [5.74, 6) is -1.33. The van der Waals surface area contributed by atoms with Crippen molar-refractivity contribution in [2.45, 2.75) is 0 Å². The Morgan fingerprint density at radius 3 is 0.875 bits per heavy atom. The molecule has 0 aromatic rings. The summed E-state index contributed by atoms with van der Waals surface area (Å²) >= 11 is 0. The van der Waals surface area contributed by atoms with Gasteiger partial charge in [-0.3, -0.25) is 0 Å². The van der Waals surface area contributed by atoms with Crippen molar-refractivity contribution < 1.29 is 20.4 Å². The second kappa shape index (κ2) is 4.55. The van der Waals surface area contributed by atoms with Gasteiger partial charge in [0.25, 0.3) is 0 Å². The number of hydrogen-bond acceptors (Lipinski definition) is 4. The van der Waals surface area contributed by atoms with Gasteiger partial charge >= 0.3 is 0 Å². The van der Waals surface area contributed by atoms with Gasteiger partial charge in [0.2, 0.25) is 0 Å². The van der Waals surface area contributed by atoms with Crippen LogP contribution in [0.2, 0.25) is 0 Å². The number of aliphatic hydroxyl groups excluding tert-OH is 4. The molecule has 0 radical (unpaired) electrons. The number of rotatable bonds is 0. The fourth-order valence-corrected chi connectivity index (χ4v) is 3.36. The van der Waals surface area contributed by atoms with E-state index in [1.807, 2.05) is 0 Å². The van der Waals surface area contributed by atoms with Crippen molar-refractivity contribution in [1.29, 1.82) is 0 Å². The molecule has 0 amide bonds. The van der Waals surface area contributed by atoms with E-state index in [9.17, 15) is 20.4 Å². The van der Waals surface area contributed by atoms with Gasteiger partial charge in [-0.25, -0.2) is 0 Å². The molecular formula is C10H16O4S2. The van der Waals surface area contributed by atoms with Crippen LogP contribution in [0.1, 0.15) is 0 Å². The van der Waals surface area contributed by atoms with Crippen molar-refractivity contribution in [2.75, 3.05) is 25.0 Å². The minimum absolute atomic E-state index is 0.198. The van der Waals surface area contributed by atoms with Gasteiger partial charge in [-0.1, -0.05) is 0 Å². The molecule has 0 atom stereocenters. The first-order chi connectivity index (χ1) is 7.29. The molecule has 16 heavy (non-hydrogen) atoms. The zero-order valence-corrected chi connectivity index (χ0v) is 11.2. The molecule has 1 aliphatic rings. The van der Waals surface area contributed by atoms with Crippen LogP contribution in [-0.2, 0) is 0 Å². The van der Waals surface area contributed by atoms with Crippen LogP contribution in [0.15, 0.2) is 23.0 Å². The summed E-state index contributed by atoms with van der Waals surface area (Å²) in [5, 5.41) is 39.2. The quantitative estimate of drug-likeness (QED) is 0.505. The fraction of sp³-hybridized carbons (Fsp3) is 0.400. The lowest BCUT2D eigenvalue weighted by Gasteiger charge is -2.20. The molecule has 0 heterocycles. The predicted octanol–water partition coefficient (Wildman–Crippen LogP) is 2.06. The largest absolute Gasteiger partial charge is 0.503 e. The Balaban J connectivity index is 3.64. The maximum absolute atomic E-state index is 9.79. The third-order valence-electron chi connectivity index (χ3n) is 2.13. The van der Waals surface area contributed by atoms with Crippen LogP contribution in [0, 0.1) is 0 Å². The summed E-state index contributed by atoms with van der Waals surface area (Å²) < 4.78 is 0. The Bertz CT molecular complexity index is 389. The van der Waals surface area contributed by atoms with Crippen LogP contribution < -0.4 is 0 Å². The molecule has 4 N–H and O–H groups in total. The summed E-state index contributed by atoms with van der Waals surface area (Å²) in [5.41, 5.74) is 0. The van der Waals surface area contributed by atoms with Crippen molar-refractivity contribution in [2.24, 2.45) is 0 Å². The van der Waals surface area contributed by atoms with E-state index in [1.54, 1.807) is 25.0 Å². The Morgan fingerprint density at radius 2 is 0.750 bits per heavy atom. The molecule has 0 fully saturated rings. The first kappa shape index (κ1) is 13.2. The highest BCUT2D eigenvalue weighted by Crippen LogP contribution is 2.29. The summed E-state index contributed by atoms with van der Waals surface area (Å²) in [6.07, 6.45) is 7.13. The van der Waals surface area contributed by atoms with Crippen LogP contribution in [0.3, 0.4) is 0 Å². The molecule has 0 aromatic carbocycles. The standard InChI is InChI=1S/C10H16O4S2/c1-15(2)9-5(11)7(13)10(16(3)4)8(14)6(9)12/h11-14H,1-4H3. The zero-order valence-electron chi connectivity index (χ0n) is 9.61. The molecule has 92 valence electrons. The van der Waals surface area contributed by atoms with Crippen LogP contribution in [0.4, 0.5) is 0 Å². The van der Waals surface area contributed by atoms with E-state index in [-0.39, 0.29) is 32.8 Å². The maximum Gasteiger partial charge on any atom is 0.175 e. The molecule has 0 aromatic heterocycles. The van der Waals surface area contributed by atoms with Gasteiger partial charge in [0.05, 0.1) is 9.73 Å². The van der Waals surface area contributed by atoms with Gasteiger partial charge in [0, 0.05) is 0 Å². The van der Waals surface area contributed by atoms with Crippen LogP contribution in [-0.4, -0.2) is 55.2 Å². The molecule has 6 heteroatoms. The first-order valence-corrected chi connectivity index (χ1v) is 8.52. The van der Waals surface area contributed by atoms with Gasteiger partial charge in [-0.05, 0) is 25.0 Å². The highest BCUT2D eigenvalue weighted by molar-refractivity contribution is 8.16. The molecule has 1 aliphatic carbocycles. The van der Waals surface area contributed by atoms with Crippen molar-refractivity contribution in [3.05, 3.63) is 23.0 Å². The molecule has 0 unspecified atom stereocenters. The van der Waals surface area contributed by atoms with E-state index < -0.39 is 21.0 Å². The zero-order chi connectivity index (χ0) is 12.6. The second-order valence-electron chi connectivity index (χ2n) is 3.69. The molecule has 0 saturated carbocycles. The van der Waals surface area contributed by atoms with Gasteiger partial charge in [-0.2, -0.15) is 21.0 Å². The molecule has 1 rings (SSSR count). The van der Waals surface area contributed by atoms with Crippen LogP contribution in [0.5, 0.6) is 0 Å². The minimum Gasteiger partial charge on any atom is -0.503 e. The Labute approximate surface area is 99.4 Å². The molecular weight excluding hydrogens is 248 g/mol. The Kier molecular flexibility index (Phi) is 3.75. The monoisotopic (exact) mass is 264 g/mol. The van der Waals surface area contributed by atoms with E-state index in [1.165, 1.54) is 0 Å². The molecule has 0 spiro atoms. The van der Waals surface area contributed by atoms with Gasteiger partial charge in [0.15, 0.2) is 23.0 Å². The number of aliphatic hydroxyl groups is 4. The lowest BCUT2D eigenvalue weighted by molar-refractivity contribution is 0.333. The molecule has 0 bridgehead atoms. The van der Waals surface area contributed by atoms with Crippen molar-refractivity contribution in [1.82, 2.24) is 0 Å². The lowest BCUT2D eigenvalue weighted by atomic mass is 10.1. The van der Waals surface area contributed by atoms with E-state index >= 15 is 0 Å².